The van der Waals surface area contributed by atoms with Gasteiger partial charge in [0.1, 0.15) is 0 Å². The molecule has 1 fully saturated rings. The Morgan fingerprint density at radius 2 is 1.68 bits per heavy atom. The van der Waals surface area contributed by atoms with Crippen LogP contribution in [-0.4, -0.2) is 34.5 Å². The Bertz CT molecular complexity index is 728. The quantitative estimate of drug-likeness (QED) is 0.817. The summed E-state index contributed by atoms with van der Waals surface area (Å²) in [7, 11) is -3.34. The summed E-state index contributed by atoms with van der Waals surface area (Å²) in [6.07, 6.45) is 1.05. The zero-order valence-corrected chi connectivity index (χ0v) is 13.0. The number of nitrogens with zero attached hydrogens (tertiary/aromatic N) is 2. The molecule has 2 aliphatic heterocycles. The van der Waals surface area contributed by atoms with Crippen molar-refractivity contribution in [1.82, 2.24) is 4.31 Å². The third-order valence-corrected chi connectivity index (χ3v) is 6.42. The highest BCUT2D eigenvalue weighted by atomic mass is 32.3. The van der Waals surface area contributed by atoms with E-state index in [1.165, 1.54) is 11.3 Å². The maximum atomic E-state index is 12.5. The minimum atomic E-state index is -3.34. The van der Waals surface area contributed by atoms with Crippen molar-refractivity contribution in [1.29, 1.82) is 0 Å². The predicted octanol–water partition coefficient (Wildman–Crippen LogP) is 2.34. The molecule has 0 bridgehead atoms. The second-order valence-corrected chi connectivity index (χ2v) is 7.80. The van der Waals surface area contributed by atoms with Gasteiger partial charge in [-0.3, -0.25) is 0 Å². The second-order valence-electron chi connectivity index (χ2n) is 5.86. The summed E-state index contributed by atoms with van der Waals surface area (Å²) in [6, 6.07) is 17.4. The molecule has 0 amide bonds. The van der Waals surface area contributed by atoms with Gasteiger partial charge in [-0.05, 0) is 30.2 Å². The van der Waals surface area contributed by atoms with E-state index in [1.807, 2.05) is 12.1 Å². The minimum Gasteiger partial charge on any atom is -0.593 e. The summed E-state index contributed by atoms with van der Waals surface area (Å²) in [5, 5.41) is 0. The molecule has 0 aliphatic carbocycles. The summed E-state index contributed by atoms with van der Waals surface area (Å²) in [4.78, 5) is 2.74. The van der Waals surface area contributed by atoms with Crippen molar-refractivity contribution < 1.29 is 8.76 Å². The van der Waals surface area contributed by atoms with Crippen LogP contribution in [0.25, 0.3) is 0 Å². The van der Waals surface area contributed by atoms with Gasteiger partial charge in [-0.2, -0.15) is 0 Å². The van der Waals surface area contributed by atoms with Gasteiger partial charge in [-0.25, -0.2) is 0 Å². The number of hydrogen-bond acceptors (Lipinski definition) is 3. The molecule has 0 saturated carbocycles. The summed E-state index contributed by atoms with van der Waals surface area (Å²) < 4.78 is 26.6. The van der Waals surface area contributed by atoms with Gasteiger partial charge in [-0.15, -0.1) is 4.31 Å². The number of fused-ring (bicyclic) bond motifs is 1. The van der Waals surface area contributed by atoms with Crippen LogP contribution in [0.1, 0.15) is 5.56 Å². The van der Waals surface area contributed by atoms with Crippen LogP contribution in [0.5, 0.6) is 0 Å². The molecule has 2 aromatic rings. The number of para-hydroxylation sites is 1. The number of anilines is 1. The lowest BCUT2D eigenvalue weighted by atomic mass is 10.1. The highest BCUT2D eigenvalue weighted by Gasteiger charge is 2.44. The van der Waals surface area contributed by atoms with Crippen LogP contribution in [0.4, 0.5) is 5.69 Å². The molecule has 2 aliphatic rings. The Hall–Kier alpha value is -1.69. The molecule has 2 aromatic carbocycles. The first-order valence-corrected chi connectivity index (χ1v) is 9.00. The van der Waals surface area contributed by atoms with Gasteiger partial charge >= 0.3 is 0 Å². The van der Waals surface area contributed by atoms with Crippen LogP contribution in [0, 0.1) is 0 Å². The van der Waals surface area contributed by atoms with Crippen molar-refractivity contribution in [2.75, 3.05) is 24.5 Å². The molecule has 0 radical (unpaired) electrons. The average molecular weight is 314 g/mol. The van der Waals surface area contributed by atoms with Gasteiger partial charge in [0.05, 0.1) is 19.1 Å². The monoisotopic (exact) mass is 314 g/mol. The van der Waals surface area contributed by atoms with Crippen molar-refractivity contribution in [2.45, 2.75) is 17.4 Å². The molecule has 0 aromatic heterocycles. The standard InChI is InChI=1S/C17H18N2O2S/c20-22(21,16-7-2-1-3-8-16)18-12-15(13-18)19-11-10-14-6-4-5-9-17(14)19/h1-9,15H,10-13H2. The lowest BCUT2D eigenvalue weighted by Crippen LogP contribution is -2.62. The highest BCUT2D eigenvalue weighted by molar-refractivity contribution is 7.95. The topological polar surface area (TPSA) is 46.6 Å². The molecule has 4 rings (SSSR count). The number of benzene rings is 2. The van der Waals surface area contributed by atoms with Crippen molar-refractivity contribution in [3.05, 3.63) is 60.2 Å². The van der Waals surface area contributed by atoms with Crippen molar-refractivity contribution in [3.63, 3.8) is 0 Å². The van der Waals surface area contributed by atoms with Crippen molar-refractivity contribution in [3.8, 4) is 0 Å². The van der Waals surface area contributed by atoms with Gasteiger partial charge < -0.3 is 9.45 Å². The third kappa shape index (κ3) is 2.17. The number of hydrogen-bond donors (Lipinski definition) is 0. The van der Waals surface area contributed by atoms with E-state index >= 15 is 0 Å². The zero-order chi connectivity index (χ0) is 15.2. The third-order valence-electron chi connectivity index (χ3n) is 4.57. The first-order chi connectivity index (χ1) is 10.7. The summed E-state index contributed by atoms with van der Waals surface area (Å²) in [5.41, 5.74) is 2.64. The van der Waals surface area contributed by atoms with Crippen molar-refractivity contribution in [2.24, 2.45) is 0 Å². The SMILES string of the molecule is O=[S+]([O-])(c1ccccc1)N1CC(N2CCc3ccccc32)C1. The summed E-state index contributed by atoms with van der Waals surface area (Å²) >= 11 is 0. The number of rotatable bonds is 3. The summed E-state index contributed by atoms with van der Waals surface area (Å²) in [5.74, 6) is 0. The Kier molecular flexibility index (Phi) is 3.29. The van der Waals surface area contributed by atoms with E-state index in [0.29, 0.717) is 24.0 Å². The van der Waals surface area contributed by atoms with Crippen LogP contribution in [0.15, 0.2) is 59.5 Å². The van der Waals surface area contributed by atoms with Crippen LogP contribution >= 0.6 is 0 Å². The van der Waals surface area contributed by atoms with E-state index < -0.39 is 10.4 Å². The fourth-order valence-corrected chi connectivity index (χ4v) is 4.83. The molecular formula is C17H18N2O2S. The maximum Gasteiger partial charge on any atom is 0.175 e. The maximum absolute atomic E-state index is 12.5. The zero-order valence-electron chi connectivity index (χ0n) is 12.2. The fraction of sp³-hybridized carbons (Fsp3) is 0.294. The molecule has 5 heteroatoms. The minimum absolute atomic E-state index is 0.294. The van der Waals surface area contributed by atoms with E-state index in [0.717, 1.165) is 13.0 Å². The normalized spacial score (nSPS) is 21.2. The average Bonchev–Trinajstić information content (AvgIpc) is 2.91. The second kappa shape index (κ2) is 5.19. The van der Waals surface area contributed by atoms with Gasteiger partial charge in [0, 0.05) is 12.2 Å². The van der Waals surface area contributed by atoms with E-state index in [1.54, 1.807) is 28.6 Å². The van der Waals surface area contributed by atoms with Crippen LogP contribution in [0.2, 0.25) is 0 Å². The lowest BCUT2D eigenvalue weighted by Gasteiger charge is -2.44. The largest absolute Gasteiger partial charge is 0.593 e. The van der Waals surface area contributed by atoms with E-state index in [4.69, 9.17) is 0 Å². The smallest absolute Gasteiger partial charge is 0.175 e. The molecule has 2 heterocycles. The highest BCUT2D eigenvalue weighted by Crippen LogP contribution is 2.34. The van der Waals surface area contributed by atoms with Crippen LogP contribution < -0.4 is 4.90 Å². The molecule has 1 saturated heterocycles. The molecule has 114 valence electrons. The predicted molar refractivity (Wildman–Crippen MR) is 86.4 cm³/mol. The Labute approximate surface area is 131 Å². The van der Waals surface area contributed by atoms with Gasteiger partial charge in [0.2, 0.25) is 0 Å². The van der Waals surface area contributed by atoms with Gasteiger partial charge in [0.25, 0.3) is 0 Å². The Balaban J connectivity index is 1.48. The molecule has 4 nitrogen and oxygen atoms in total. The molecule has 1 unspecified atom stereocenters. The molecular weight excluding hydrogens is 296 g/mol. The first-order valence-electron chi connectivity index (χ1n) is 7.56. The molecule has 0 N–H and O–H groups in total. The Morgan fingerprint density at radius 3 is 2.45 bits per heavy atom. The van der Waals surface area contributed by atoms with E-state index in [9.17, 15) is 8.76 Å². The van der Waals surface area contributed by atoms with Gasteiger partial charge in [-0.1, -0.05) is 40.6 Å². The van der Waals surface area contributed by atoms with E-state index in [-0.39, 0.29) is 0 Å². The van der Waals surface area contributed by atoms with E-state index in [2.05, 4.69) is 23.1 Å². The van der Waals surface area contributed by atoms with Crippen LogP contribution in [-0.2, 0) is 21.0 Å². The molecule has 22 heavy (non-hydrogen) atoms. The first kappa shape index (κ1) is 13.9. The van der Waals surface area contributed by atoms with Crippen LogP contribution in [0.3, 0.4) is 0 Å². The Morgan fingerprint density at radius 1 is 1.00 bits per heavy atom. The molecule has 0 spiro atoms. The van der Waals surface area contributed by atoms with Gasteiger partial charge in [0.15, 0.2) is 15.3 Å². The van der Waals surface area contributed by atoms with Crippen molar-refractivity contribution >= 4 is 16.1 Å². The summed E-state index contributed by atoms with van der Waals surface area (Å²) in [6.45, 7) is 2.14. The molecule has 1 atom stereocenters. The lowest BCUT2D eigenvalue weighted by molar-refractivity contribution is 0.233. The fourth-order valence-electron chi connectivity index (χ4n) is 3.29. The number of sulfonamides is 1.